The molecule has 1 aliphatic rings. The van der Waals surface area contributed by atoms with Crippen LogP contribution in [0.3, 0.4) is 0 Å². The summed E-state index contributed by atoms with van der Waals surface area (Å²) in [5, 5.41) is 2.85. The first-order valence-corrected chi connectivity index (χ1v) is 6.57. The fourth-order valence-electron chi connectivity index (χ4n) is 2.20. The van der Waals surface area contributed by atoms with Gasteiger partial charge in [-0.05, 0) is 44.0 Å². The van der Waals surface area contributed by atoms with Crippen molar-refractivity contribution in [3.05, 3.63) is 36.0 Å². The summed E-state index contributed by atoms with van der Waals surface area (Å²) in [5.41, 5.74) is 1.81. The number of carbonyl (C=O) groups excluding carboxylic acids is 1. The fraction of sp³-hybridized carbons (Fsp3) is 0.400. The Bertz CT molecular complexity index is 460. The second-order valence-corrected chi connectivity index (χ2v) is 4.70. The van der Waals surface area contributed by atoms with E-state index >= 15 is 0 Å². The van der Waals surface area contributed by atoms with Crippen LogP contribution in [-0.2, 0) is 4.79 Å². The summed E-state index contributed by atoms with van der Waals surface area (Å²) in [4.78, 5) is 14.1. The maximum Gasteiger partial charge on any atom is 0.250 e. The van der Waals surface area contributed by atoms with Gasteiger partial charge in [0.05, 0.1) is 7.11 Å². The summed E-state index contributed by atoms with van der Waals surface area (Å²) in [5.74, 6) is 0.691. The summed E-state index contributed by atoms with van der Waals surface area (Å²) in [6, 6.07) is 7.31. The minimum absolute atomic E-state index is 0.0884. The van der Waals surface area contributed by atoms with E-state index in [1.54, 1.807) is 13.2 Å². The number of carbonyl (C=O) groups is 1. The highest BCUT2D eigenvalue weighted by Crippen LogP contribution is 2.16. The van der Waals surface area contributed by atoms with Gasteiger partial charge in [-0.15, -0.1) is 0 Å². The zero-order valence-electron chi connectivity index (χ0n) is 11.5. The Balaban J connectivity index is 1.94. The van der Waals surface area contributed by atoms with E-state index in [2.05, 4.69) is 10.2 Å². The van der Waals surface area contributed by atoms with Gasteiger partial charge < -0.3 is 15.0 Å². The zero-order valence-corrected chi connectivity index (χ0v) is 11.5. The third-order valence-electron chi connectivity index (χ3n) is 3.30. The van der Waals surface area contributed by atoms with Crippen LogP contribution in [0.5, 0.6) is 5.75 Å². The van der Waals surface area contributed by atoms with Crippen LogP contribution in [-0.4, -0.2) is 31.0 Å². The normalized spacial score (nSPS) is 15.5. The van der Waals surface area contributed by atoms with Gasteiger partial charge in [0.25, 0.3) is 0 Å². The lowest BCUT2D eigenvalue weighted by Crippen LogP contribution is -2.19. The van der Waals surface area contributed by atoms with Crippen molar-refractivity contribution in [2.75, 3.05) is 25.5 Å². The molecular formula is C15H20N2O2. The van der Waals surface area contributed by atoms with Crippen molar-refractivity contribution in [2.24, 2.45) is 0 Å². The van der Waals surface area contributed by atoms with Gasteiger partial charge in [-0.1, -0.05) is 0 Å². The quantitative estimate of drug-likeness (QED) is 0.846. The third-order valence-corrected chi connectivity index (χ3v) is 3.30. The van der Waals surface area contributed by atoms with Gasteiger partial charge in [-0.3, -0.25) is 4.79 Å². The van der Waals surface area contributed by atoms with E-state index in [1.807, 2.05) is 31.2 Å². The largest absolute Gasteiger partial charge is 0.497 e. The third kappa shape index (κ3) is 3.74. The number of methoxy groups -OCH3 is 1. The van der Waals surface area contributed by atoms with Gasteiger partial charge in [0.2, 0.25) is 5.91 Å². The zero-order chi connectivity index (χ0) is 13.7. The number of rotatable bonds is 4. The van der Waals surface area contributed by atoms with Crippen molar-refractivity contribution < 1.29 is 9.53 Å². The van der Waals surface area contributed by atoms with E-state index in [0.29, 0.717) is 0 Å². The second kappa shape index (κ2) is 6.27. The average molecular weight is 260 g/mol. The molecule has 1 aliphatic heterocycles. The number of allylic oxidation sites excluding steroid dienone is 1. The number of ether oxygens (including phenoxy) is 1. The first-order chi connectivity index (χ1) is 9.19. The standard InChI is InChI=1S/C15H20N2O2/c1-12(17-9-3-4-10-17)11-15(18)16-13-5-7-14(19-2)8-6-13/h5-8,11H,3-4,9-10H2,1-2H3,(H,16,18). The SMILES string of the molecule is COc1ccc(NC(=O)C=C(C)N2CCCC2)cc1. The van der Waals surface area contributed by atoms with E-state index in [-0.39, 0.29) is 5.91 Å². The van der Waals surface area contributed by atoms with E-state index in [9.17, 15) is 4.79 Å². The van der Waals surface area contributed by atoms with Gasteiger partial charge in [0.1, 0.15) is 5.75 Å². The first kappa shape index (κ1) is 13.5. The van der Waals surface area contributed by atoms with Crippen LogP contribution in [0.1, 0.15) is 19.8 Å². The number of hydrogen-bond acceptors (Lipinski definition) is 3. The number of nitrogens with one attached hydrogen (secondary N) is 1. The molecular weight excluding hydrogens is 240 g/mol. The average Bonchev–Trinajstić information content (AvgIpc) is 2.93. The summed E-state index contributed by atoms with van der Waals surface area (Å²) in [7, 11) is 1.62. The van der Waals surface area contributed by atoms with Crippen LogP contribution in [0.15, 0.2) is 36.0 Å². The first-order valence-electron chi connectivity index (χ1n) is 6.57. The molecule has 0 radical (unpaired) electrons. The highest BCUT2D eigenvalue weighted by molar-refractivity contribution is 5.99. The molecule has 1 N–H and O–H groups in total. The minimum Gasteiger partial charge on any atom is -0.497 e. The highest BCUT2D eigenvalue weighted by atomic mass is 16.5. The van der Waals surface area contributed by atoms with Crippen molar-refractivity contribution in [2.45, 2.75) is 19.8 Å². The van der Waals surface area contributed by atoms with E-state index < -0.39 is 0 Å². The van der Waals surface area contributed by atoms with Crippen LogP contribution in [0, 0.1) is 0 Å². The van der Waals surface area contributed by atoms with Gasteiger partial charge in [-0.2, -0.15) is 0 Å². The molecule has 0 spiro atoms. The molecule has 4 heteroatoms. The minimum atomic E-state index is -0.0884. The van der Waals surface area contributed by atoms with Gasteiger partial charge in [-0.25, -0.2) is 0 Å². The lowest BCUT2D eigenvalue weighted by Gasteiger charge is -2.17. The van der Waals surface area contributed by atoms with Crippen LogP contribution in [0.25, 0.3) is 0 Å². The molecule has 1 heterocycles. The highest BCUT2D eigenvalue weighted by Gasteiger charge is 2.12. The van der Waals surface area contributed by atoms with Crippen LogP contribution >= 0.6 is 0 Å². The predicted molar refractivity (Wildman–Crippen MR) is 76.2 cm³/mol. The molecule has 0 saturated carbocycles. The Kier molecular flexibility index (Phi) is 4.44. The maximum absolute atomic E-state index is 11.9. The van der Waals surface area contributed by atoms with Crippen LogP contribution in [0.2, 0.25) is 0 Å². The van der Waals surface area contributed by atoms with E-state index in [0.717, 1.165) is 30.2 Å². The van der Waals surface area contributed by atoms with Crippen LogP contribution in [0.4, 0.5) is 5.69 Å². The molecule has 4 nitrogen and oxygen atoms in total. The number of amides is 1. The number of benzene rings is 1. The fourth-order valence-corrected chi connectivity index (χ4v) is 2.20. The molecule has 0 aliphatic carbocycles. The van der Waals surface area contributed by atoms with Gasteiger partial charge in [0.15, 0.2) is 0 Å². The maximum atomic E-state index is 11.9. The molecule has 2 rings (SSSR count). The molecule has 1 saturated heterocycles. The molecule has 102 valence electrons. The summed E-state index contributed by atoms with van der Waals surface area (Å²) >= 11 is 0. The lowest BCUT2D eigenvalue weighted by atomic mass is 10.3. The van der Waals surface area contributed by atoms with Crippen molar-refractivity contribution >= 4 is 11.6 Å². The molecule has 19 heavy (non-hydrogen) atoms. The summed E-state index contributed by atoms with van der Waals surface area (Å²) in [6.07, 6.45) is 4.09. The van der Waals surface area contributed by atoms with E-state index in [1.165, 1.54) is 12.8 Å². The lowest BCUT2D eigenvalue weighted by molar-refractivity contribution is -0.112. The predicted octanol–water partition coefficient (Wildman–Crippen LogP) is 2.63. The smallest absolute Gasteiger partial charge is 0.250 e. The number of hydrogen-bond donors (Lipinski definition) is 1. The van der Waals surface area contributed by atoms with Crippen molar-refractivity contribution in [1.29, 1.82) is 0 Å². The van der Waals surface area contributed by atoms with Crippen molar-refractivity contribution in [3.8, 4) is 5.75 Å². The van der Waals surface area contributed by atoms with Gasteiger partial charge >= 0.3 is 0 Å². The molecule has 0 aromatic heterocycles. The van der Waals surface area contributed by atoms with Gasteiger partial charge in [0, 0.05) is 30.5 Å². The Hall–Kier alpha value is -1.97. The Morgan fingerprint density at radius 3 is 2.47 bits per heavy atom. The molecule has 1 aromatic rings. The molecule has 0 bridgehead atoms. The molecule has 0 unspecified atom stereocenters. The number of nitrogens with zero attached hydrogens (tertiary/aromatic N) is 1. The van der Waals surface area contributed by atoms with Crippen LogP contribution < -0.4 is 10.1 Å². The number of likely N-dealkylation sites (tertiary alicyclic amines) is 1. The summed E-state index contributed by atoms with van der Waals surface area (Å²) in [6.45, 7) is 4.09. The second-order valence-electron chi connectivity index (χ2n) is 4.70. The number of anilines is 1. The Labute approximate surface area is 114 Å². The summed E-state index contributed by atoms with van der Waals surface area (Å²) < 4.78 is 5.07. The molecule has 1 fully saturated rings. The topological polar surface area (TPSA) is 41.6 Å². The van der Waals surface area contributed by atoms with Crippen molar-refractivity contribution in [1.82, 2.24) is 4.90 Å². The molecule has 1 amide bonds. The Morgan fingerprint density at radius 2 is 1.89 bits per heavy atom. The monoisotopic (exact) mass is 260 g/mol. The van der Waals surface area contributed by atoms with Crippen molar-refractivity contribution in [3.63, 3.8) is 0 Å². The molecule has 0 atom stereocenters. The molecule has 1 aromatic carbocycles. The Morgan fingerprint density at radius 1 is 1.26 bits per heavy atom. The van der Waals surface area contributed by atoms with E-state index in [4.69, 9.17) is 4.74 Å².